The minimum absolute atomic E-state index is 0.00599. The number of hydrogen-bond acceptors (Lipinski definition) is 4. The average molecular weight is 522 g/mol. The molecule has 4 aromatic rings. The van der Waals surface area contributed by atoms with Crippen LogP contribution in [0.1, 0.15) is 49.1 Å². The van der Waals surface area contributed by atoms with Gasteiger partial charge in [0.15, 0.2) is 6.04 Å². The molecule has 2 fully saturated rings. The van der Waals surface area contributed by atoms with Crippen molar-refractivity contribution in [3.05, 3.63) is 96.2 Å². The highest BCUT2D eigenvalue weighted by Gasteiger charge is 2.48. The van der Waals surface area contributed by atoms with Crippen LogP contribution in [0.5, 0.6) is 0 Å². The Labute approximate surface area is 226 Å². The van der Waals surface area contributed by atoms with Gasteiger partial charge in [0, 0.05) is 23.0 Å². The van der Waals surface area contributed by atoms with E-state index in [0.29, 0.717) is 5.69 Å². The fourth-order valence-electron chi connectivity index (χ4n) is 5.93. The molecule has 2 atom stereocenters. The summed E-state index contributed by atoms with van der Waals surface area (Å²) in [5, 5.41) is 13.8. The van der Waals surface area contributed by atoms with E-state index in [1.807, 2.05) is 66.7 Å². The number of aromatic amines is 1. The summed E-state index contributed by atoms with van der Waals surface area (Å²) in [6, 6.07) is 22.5. The van der Waals surface area contributed by atoms with Crippen molar-refractivity contribution in [2.45, 2.75) is 56.1 Å². The van der Waals surface area contributed by atoms with Gasteiger partial charge in [-0.2, -0.15) is 5.10 Å². The van der Waals surface area contributed by atoms with Gasteiger partial charge >= 0.3 is 0 Å². The third-order valence-corrected chi connectivity index (χ3v) is 7.86. The first-order valence-electron chi connectivity index (χ1n) is 13.6. The number of fused-ring (bicyclic) bond motifs is 1. The van der Waals surface area contributed by atoms with E-state index in [1.165, 1.54) is 4.90 Å². The first kappa shape index (κ1) is 24.9. The van der Waals surface area contributed by atoms with Gasteiger partial charge in [0.25, 0.3) is 17.7 Å². The maximum atomic E-state index is 14.4. The van der Waals surface area contributed by atoms with E-state index in [9.17, 15) is 14.4 Å². The standard InChI is InChI=1S/C31H31N5O3/c37-29(33-23-14-8-3-9-15-23)28-30(38)34-27(26(20-10-4-1-5-11-20)21-12-6-2-7-13-21)31(39)36(28)24-16-17-25-22(18-24)19-32-35-25/h1-2,4-7,10-13,16-19,23,26-28H,3,8-9,14-15H2,(H,32,35)(H,33,37)(H,34,38). The largest absolute Gasteiger partial charge is 0.351 e. The lowest BCUT2D eigenvalue weighted by Crippen LogP contribution is -2.69. The third kappa shape index (κ3) is 4.90. The fraction of sp³-hybridized carbons (Fsp3) is 0.290. The molecule has 198 valence electrons. The van der Waals surface area contributed by atoms with Gasteiger partial charge in [-0.1, -0.05) is 79.9 Å². The Balaban J connectivity index is 1.42. The molecule has 2 heterocycles. The predicted octanol–water partition coefficient (Wildman–Crippen LogP) is 4.04. The topological polar surface area (TPSA) is 107 Å². The molecule has 1 saturated heterocycles. The lowest BCUT2D eigenvalue weighted by atomic mass is 9.82. The Morgan fingerprint density at radius 1 is 0.897 bits per heavy atom. The molecular weight excluding hydrogens is 490 g/mol. The van der Waals surface area contributed by atoms with Crippen molar-refractivity contribution in [2.24, 2.45) is 0 Å². The molecule has 3 N–H and O–H groups in total. The molecule has 39 heavy (non-hydrogen) atoms. The molecule has 3 amide bonds. The van der Waals surface area contributed by atoms with Crippen molar-refractivity contribution >= 4 is 34.3 Å². The van der Waals surface area contributed by atoms with E-state index in [1.54, 1.807) is 18.3 Å². The van der Waals surface area contributed by atoms with Crippen molar-refractivity contribution in [3.8, 4) is 0 Å². The summed E-state index contributed by atoms with van der Waals surface area (Å²) in [6.45, 7) is 0. The van der Waals surface area contributed by atoms with Crippen LogP contribution < -0.4 is 15.5 Å². The Morgan fingerprint density at radius 3 is 2.23 bits per heavy atom. The maximum Gasteiger partial charge on any atom is 0.253 e. The van der Waals surface area contributed by atoms with E-state index >= 15 is 0 Å². The highest BCUT2D eigenvalue weighted by molar-refractivity contribution is 6.19. The summed E-state index contributed by atoms with van der Waals surface area (Å²) in [6.07, 6.45) is 6.65. The van der Waals surface area contributed by atoms with Crippen LogP contribution in [-0.2, 0) is 14.4 Å². The molecule has 1 aliphatic heterocycles. The third-order valence-electron chi connectivity index (χ3n) is 7.86. The first-order chi connectivity index (χ1) is 19.1. The van der Waals surface area contributed by atoms with Crippen molar-refractivity contribution < 1.29 is 14.4 Å². The van der Waals surface area contributed by atoms with Crippen LogP contribution in [0.25, 0.3) is 10.9 Å². The molecule has 0 spiro atoms. The lowest BCUT2D eigenvalue weighted by Gasteiger charge is -2.41. The van der Waals surface area contributed by atoms with Gasteiger partial charge in [-0.05, 0) is 42.2 Å². The van der Waals surface area contributed by atoms with Gasteiger partial charge in [-0.15, -0.1) is 0 Å². The van der Waals surface area contributed by atoms with Gasteiger partial charge in [-0.25, -0.2) is 0 Å². The number of anilines is 1. The molecule has 0 radical (unpaired) electrons. The minimum Gasteiger partial charge on any atom is -0.351 e. The van der Waals surface area contributed by atoms with Crippen LogP contribution in [-0.4, -0.2) is 46.0 Å². The summed E-state index contributed by atoms with van der Waals surface area (Å²) in [4.78, 5) is 43.3. The number of rotatable bonds is 6. The monoisotopic (exact) mass is 521 g/mol. The van der Waals surface area contributed by atoms with Crippen LogP contribution in [0.2, 0.25) is 0 Å². The number of benzene rings is 3. The molecule has 0 bridgehead atoms. The van der Waals surface area contributed by atoms with Gasteiger partial charge in [0.05, 0.1) is 11.7 Å². The summed E-state index contributed by atoms with van der Waals surface area (Å²) < 4.78 is 0. The zero-order chi connectivity index (χ0) is 26.8. The number of piperazine rings is 1. The number of hydrogen-bond donors (Lipinski definition) is 3. The number of H-pyrrole nitrogens is 1. The second-order valence-corrected chi connectivity index (χ2v) is 10.4. The number of nitrogens with zero attached hydrogens (tertiary/aromatic N) is 2. The molecule has 1 saturated carbocycles. The van der Waals surface area contributed by atoms with E-state index in [2.05, 4.69) is 20.8 Å². The van der Waals surface area contributed by atoms with Crippen LogP contribution in [0.4, 0.5) is 5.69 Å². The number of carbonyl (C=O) groups is 3. The van der Waals surface area contributed by atoms with Gasteiger partial charge < -0.3 is 10.6 Å². The quantitative estimate of drug-likeness (QED) is 0.333. The molecule has 3 aromatic carbocycles. The van der Waals surface area contributed by atoms with Crippen LogP contribution >= 0.6 is 0 Å². The zero-order valence-electron chi connectivity index (χ0n) is 21.5. The summed E-state index contributed by atoms with van der Waals surface area (Å²) in [5.41, 5.74) is 3.09. The van der Waals surface area contributed by atoms with Gasteiger partial charge in [0.2, 0.25) is 0 Å². The van der Waals surface area contributed by atoms with Crippen LogP contribution in [0.15, 0.2) is 85.1 Å². The summed E-state index contributed by atoms with van der Waals surface area (Å²) >= 11 is 0. The summed E-state index contributed by atoms with van der Waals surface area (Å²) in [5.74, 6) is -1.71. The highest BCUT2D eigenvalue weighted by atomic mass is 16.2. The molecular formula is C31H31N5O3. The normalized spacial score (nSPS) is 20.3. The molecule has 1 aliphatic carbocycles. The van der Waals surface area contributed by atoms with Crippen molar-refractivity contribution in [2.75, 3.05) is 4.90 Å². The number of nitrogens with one attached hydrogen (secondary N) is 3. The second kappa shape index (κ2) is 10.7. The Kier molecular flexibility index (Phi) is 6.84. The molecule has 2 unspecified atom stereocenters. The summed E-state index contributed by atoms with van der Waals surface area (Å²) in [7, 11) is 0. The molecule has 2 aliphatic rings. The van der Waals surface area contributed by atoms with Crippen molar-refractivity contribution in [1.82, 2.24) is 20.8 Å². The van der Waals surface area contributed by atoms with Gasteiger partial charge in [-0.3, -0.25) is 24.4 Å². The SMILES string of the molecule is O=C(NC1CCCCC1)C1C(=O)NC(C(c2ccccc2)c2ccccc2)C(=O)N1c1ccc2[nH]ncc2c1. The van der Waals surface area contributed by atoms with E-state index < -0.39 is 29.8 Å². The number of amides is 3. The van der Waals surface area contributed by atoms with E-state index in [4.69, 9.17) is 0 Å². The fourth-order valence-corrected chi connectivity index (χ4v) is 5.93. The first-order valence-corrected chi connectivity index (χ1v) is 13.6. The Morgan fingerprint density at radius 2 is 1.56 bits per heavy atom. The predicted molar refractivity (Wildman–Crippen MR) is 149 cm³/mol. The Bertz CT molecular complexity index is 1440. The van der Waals surface area contributed by atoms with Crippen molar-refractivity contribution in [3.63, 3.8) is 0 Å². The second-order valence-electron chi connectivity index (χ2n) is 10.4. The number of carbonyl (C=O) groups excluding carboxylic acids is 3. The Hall–Kier alpha value is -4.46. The molecule has 6 rings (SSSR count). The average Bonchev–Trinajstić information content (AvgIpc) is 3.44. The van der Waals surface area contributed by atoms with E-state index in [-0.39, 0.29) is 11.9 Å². The molecule has 8 heteroatoms. The smallest absolute Gasteiger partial charge is 0.253 e. The van der Waals surface area contributed by atoms with Crippen LogP contribution in [0.3, 0.4) is 0 Å². The van der Waals surface area contributed by atoms with E-state index in [0.717, 1.165) is 54.1 Å². The minimum atomic E-state index is -1.31. The van der Waals surface area contributed by atoms with Crippen molar-refractivity contribution in [1.29, 1.82) is 0 Å². The molecule has 8 nitrogen and oxygen atoms in total. The zero-order valence-corrected chi connectivity index (χ0v) is 21.5. The molecule has 1 aromatic heterocycles. The highest BCUT2D eigenvalue weighted by Crippen LogP contribution is 2.34. The maximum absolute atomic E-state index is 14.4. The lowest BCUT2D eigenvalue weighted by molar-refractivity contribution is -0.140. The van der Waals surface area contributed by atoms with Crippen LogP contribution in [0, 0.1) is 0 Å². The van der Waals surface area contributed by atoms with Gasteiger partial charge in [0.1, 0.15) is 6.04 Å². The number of aromatic nitrogens is 2.